The van der Waals surface area contributed by atoms with E-state index >= 15 is 0 Å². The van der Waals surface area contributed by atoms with Gasteiger partial charge >= 0.3 is 35.5 Å². The summed E-state index contributed by atoms with van der Waals surface area (Å²) >= 11 is 0. The maximum Gasteiger partial charge on any atom is 0.383 e. The number of hydrogen-bond donors (Lipinski definition) is 0. The van der Waals surface area contributed by atoms with Gasteiger partial charge in [0.2, 0.25) is 12.4 Å². The molecule has 3 rings (SSSR count). The second kappa shape index (κ2) is 17.3. The van der Waals surface area contributed by atoms with E-state index in [2.05, 4.69) is 6.92 Å². The van der Waals surface area contributed by atoms with Crippen molar-refractivity contribution in [2.24, 2.45) is 0 Å². The van der Waals surface area contributed by atoms with Gasteiger partial charge in [0.25, 0.3) is 5.75 Å². The number of rotatable bonds is 15. The largest absolute Gasteiger partial charge is 0.489 e. The van der Waals surface area contributed by atoms with E-state index in [1.165, 1.54) is 18.2 Å². The fourth-order valence-electron chi connectivity index (χ4n) is 4.75. The zero-order chi connectivity index (χ0) is 34.7. The van der Waals surface area contributed by atoms with Gasteiger partial charge in [-0.2, -0.15) is 0 Å². The Morgan fingerprint density at radius 1 is 0.787 bits per heavy atom. The van der Waals surface area contributed by atoms with Gasteiger partial charge in [-0.05, 0) is 18.6 Å². The first-order chi connectivity index (χ1) is 22.3. The van der Waals surface area contributed by atoms with E-state index in [4.69, 9.17) is 42.3 Å². The standard InChI is InChI=1S/C32H40O15/c1-7-9-10-11-14-39-26-22-13-12-21(15-23(22)45-31(38)29(26)47-25(37)8-2)44-32-30(43-20(6)36)28(42-19(5)35)27(41-18(4)34)24(46-32)16-40-17(3)33/h12-13,15,24,27-28,30,32H,7-11,14,16H2,1-6H3/t24-,27-,28+,30+,32+/m1/s1. The number of esters is 5. The molecule has 0 aliphatic carbocycles. The zero-order valence-electron chi connectivity index (χ0n) is 27.2. The lowest BCUT2D eigenvalue weighted by Crippen LogP contribution is -2.63. The monoisotopic (exact) mass is 664 g/mol. The molecular weight excluding hydrogens is 624 g/mol. The summed E-state index contributed by atoms with van der Waals surface area (Å²) < 4.78 is 50.0. The molecule has 2 aromatic rings. The van der Waals surface area contributed by atoms with E-state index in [-0.39, 0.29) is 35.9 Å². The highest BCUT2D eigenvalue weighted by molar-refractivity contribution is 5.88. The van der Waals surface area contributed by atoms with Crippen molar-refractivity contribution in [1.82, 2.24) is 0 Å². The predicted octanol–water partition coefficient (Wildman–Crippen LogP) is 3.53. The van der Waals surface area contributed by atoms with Gasteiger partial charge in [-0.3, -0.25) is 24.0 Å². The highest BCUT2D eigenvalue weighted by atomic mass is 16.7. The molecule has 1 aromatic carbocycles. The minimum absolute atomic E-state index is 0.00186. The summed E-state index contributed by atoms with van der Waals surface area (Å²) in [7, 11) is 0. The number of carbonyl (C=O) groups excluding carboxylic acids is 5. The molecule has 0 radical (unpaired) electrons. The average Bonchev–Trinajstić information content (AvgIpc) is 2.99. The number of fused-ring (bicyclic) bond motifs is 1. The van der Waals surface area contributed by atoms with Crippen LogP contribution in [0.25, 0.3) is 11.0 Å². The van der Waals surface area contributed by atoms with Crippen LogP contribution in [0.3, 0.4) is 0 Å². The molecule has 1 aliphatic heterocycles. The van der Waals surface area contributed by atoms with Crippen molar-refractivity contribution in [2.75, 3.05) is 13.2 Å². The normalized spacial score (nSPS) is 20.5. The van der Waals surface area contributed by atoms with Crippen LogP contribution in [-0.4, -0.2) is 73.8 Å². The minimum Gasteiger partial charge on any atom is -0.489 e. The van der Waals surface area contributed by atoms with E-state index in [0.717, 1.165) is 47.0 Å². The molecule has 0 bridgehead atoms. The summed E-state index contributed by atoms with van der Waals surface area (Å²) in [5, 5.41) is 0.299. The Morgan fingerprint density at radius 3 is 2.06 bits per heavy atom. The van der Waals surface area contributed by atoms with Crippen molar-refractivity contribution in [3.8, 4) is 17.2 Å². The third kappa shape index (κ3) is 10.4. The summed E-state index contributed by atoms with van der Waals surface area (Å²) in [6.45, 7) is 7.92. The quantitative estimate of drug-likeness (QED) is 0.116. The highest BCUT2D eigenvalue weighted by Crippen LogP contribution is 2.37. The first-order valence-corrected chi connectivity index (χ1v) is 15.3. The second-order valence-electron chi connectivity index (χ2n) is 10.6. The third-order valence-electron chi connectivity index (χ3n) is 6.74. The van der Waals surface area contributed by atoms with Gasteiger partial charge in [-0.25, -0.2) is 4.79 Å². The molecule has 2 heterocycles. The van der Waals surface area contributed by atoms with Crippen LogP contribution in [0.15, 0.2) is 27.4 Å². The molecule has 0 unspecified atom stereocenters. The van der Waals surface area contributed by atoms with Crippen molar-refractivity contribution >= 4 is 40.8 Å². The van der Waals surface area contributed by atoms with Crippen LogP contribution in [0, 0.1) is 0 Å². The maximum absolute atomic E-state index is 13.0. The zero-order valence-corrected chi connectivity index (χ0v) is 27.2. The van der Waals surface area contributed by atoms with Crippen LogP contribution in [0.1, 0.15) is 73.6 Å². The SMILES string of the molecule is CCCCCCOc1c(OC(=O)CC)c(=O)oc2cc(O[C@H]3O[C@H](COC(C)=O)[C@@H](OC(C)=O)[C@H](OC(C)=O)[C@@H]3OC(C)=O)ccc12. The number of ether oxygens (including phenoxy) is 8. The van der Waals surface area contributed by atoms with Crippen molar-refractivity contribution in [3.05, 3.63) is 28.6 Å². The van der Waals surface area contributed by atoms with E-state index in [9.17, 15) is 28.8 Å². The number of benzene rings is 1. The van der Waals surface area contributed by atoms with Gasteiger partial charge < -0.3 is 42.3 Å². The molecule has 1 saturated heterocycles. The molecule has 0 saturated carbocycles. The maximum atomic E-state index is 13.0. The lowest BCUT2D eigenvalue weighted by Gasteiger charge is -2.43. The summed E-state index contributed by atoms with van der Waals surface area (Å²) in [5.41, 5.74) is -0.967. The first kappa shape index (κ1) is 36.8. The molecule has 1 fully saturated rings. The molecule has 0 amide bonds. The van der Waals surface area contributed by atoms with Crippen LogP contribution >= 0.6 is 0 Å². The van der Waals surface area contributed by atoms with Crippen LogP contribution in [0.5, 0.6) is 17.2 Å². The van der Waals surface area contributed by atoms with E-state index < -0.39 is 72.8 Å². The highest BCUT2D eigenvalue weighted by Gasteiger charge is 2.53. The number of hydrogen-bond acceptors (Lipinski definition) is 15. The average molecular weight is 665 g/mol. The van der Waals surface area contributed by atoms with Gasteiger partial charge in [0.05, 0.1) is 12.0 Å². The Kier molecular flexibility index (Phi) is 13.6. The molecular formula is C32H40O15. The number of unbranched alkanes of at least 4 members (excludes halogenated alkanes) is 3. The summed E-state index contributed by atoms with van der Waals surface area (Å²) in [6, 6.07) is 4.30. The third-order valence-corrected chi connectivity index (χ3v) is 6.74. The molecule has 0 N–H and O–H groups in total. The summed E-state index contributed by atoms with van der Waals surface area (Å²) in [6.07, 6.45) is -3.42. The smallest absolute Gasteiger partial charge is 0.383 e. The van der Waals surface area contributed by atoms with Gasteiger partial charge in [-0.1, -0.05) is 33.1 Å². The van der Waals surface area contributed by atoms with Gasteiger partial charge in [0.15, 0.2) is 18.0 Å². The predicted molar refractivity (Wildman–Crippen MR) is 161 cm³/mol. The van der Waals surface area contributed by atoms with Gasteiger partial charge in [0.1, 0.15) is 24.0 Å². The molecule has 0 spiro atoms. The topological polar surface area (TPSA) is 189 Å². The summed E-state index contributed by atoms with van der Waals surface area (Å²) in [4.78, 5) is 72.9. The first-order valence-electron chi connectivity index (χ1n) is 15.3. The molecule has 1 aliphatic rings. The Balaban J connectivity index is 2.05. The fourth-order valence-corrected chi connectivity index (χ4v) is 4.75. The van der Waals surface area contributed by atoms with Crippen molar-refractivity contribution < 1.29 is 66.3 Å². The fraction of sp³-hybridized carbons (Fsp3) is 0.562. The lowest BCUT2D eigenvalue weighted by atomic mass is 9.98. The Morgan fingerprint density at radius 2 is 1.45 bits per heavy atom. The Bertz CT molecular complexity index is 1500. The van der Waals surface area contributed by atoms with Crippen LogP contribution in [0.4, 0.5) is 0 Å². The van der Waals surface area contributed by atoms with Gasteiger partial charge in [0, 0.05) is 40.2 Å². The Hall–Kier alpha value is -4.66. The van der Waals surface area contributed by atoms with Crippen molar-refractivity contribution in [2.45, 2.75) is 104 Å². The molecule has 1 aromatic heterocycles. The minimum atomic E-state index is -1.51. The molecule has 15 nitrogen and oxygen atoms in total. The van der Waals surface area contributed by atoms with Crippen LogP contribution in [-0.2, 0) is 47.7 Å². The van der Waals surface area contributed by atoms with E-state index in [0.29, 0.717) is 11.8 Å². The van der Waals surface area contributed by atoms with E-state index in [1.54, 1.807) is 6.92 Å². The van der Waals surface area contributed by atoms with Crippen molar-refractivity contribution in [3.63, 3.8) is 0 Å². The Labute approximate surface area is 270 Å². The molecule has 15 heteroatoms. The summed E-state index contributed by atoms with van der Waals surface area (Å²) in [5.74, 6) is -4.03. The van der Waals surface area contributed by atoms with Crippen LogP contribution < -0.4 is 19.8 Å². The molecule has 258 valence electrons. The van der Waals surface area contributed by atoms with E-state index in [1.807, 2.05) is 0 Å². The number of carbonyl (C=O) groups is 5. The lowest BCUT2D eigenvalue weighted by molar-refractivity contribution is -0.288. The van der Waals surface area contributed by atoms with Gasteiger partial charge in [-0.15, -0.1) is 0 Å². The van der Waals surface area contributed by atoms with Crippen LogP contribution in [0.2, 0.25) is 0 Å². The molecule has 47 heavy (non-hydrogen) atoms. The van der Waals surface area contributed by atoms with Crippen molar-refractivity contribution in [1.29, 1.82) is 0 Å². The molecule has 5 atom stereocenters. The second-order valence-corrected chi connectivity index (χ2v) is 10.6.